The largest absolute Gasteiger partial charge is 0.492 e. The SMILES string of the molecule is CCOC(=O)C=CC(=O)Nc1cc2c(N[C@H](CO)c3ccccc3)ncnc2cc1OCC. The minimum atomic E-state index is -0.605. The number of nitrogens with one attached hydrogen (secondary N) is 2. The smallest absolute Gasteiger partial charge is 0.330 e. The van der Waals surface area contributed by atoms with Crippen LogP contribution in [0.4, 0.5) is 11.5 Å². The Balaban J connectivity index is 1.94. The summed E-state index contributed by atoms with van der Waals surface area (Å²) in [5.41, 5.74) is 1.89. The van der Waals surface area contributed by atoms with Crippen LogP contribution in [0.3, 0.4) is 0 Å². The predicted octanol–water partition coefficient (Wildman–Crippen LogP) is 3.23. The average molecular weight is 450 g/mol. The van der Waals surface area contributed by atoms with Gasteiger partial charge in [-0.1, -0.05) is 30.3 Å². The van der Waals surface area contributed by atoms with Crippen LogP contribution in [0.1, 0.15) is 25.5 Å². The summed E-state index contributed by atoms with van der Waals surface area (Å²) in [5.74, 6) is -0.211. The van der Waals surface area contributed by atoms with E-state index in [9.17, 15) is 14.7 Å². The molecule has 0 saturated carbocycles. The highest BCUT2D eigenvalue weighted by Gasteiger charge is 2.16. The van der Waals surface area contributed by atoms with Crippen LogP contribution in [0.25, 0.3) is 10.9 Å². The number of hydrogen-bond acceptors (Lipinski definition) is 8. The van der Waals surface area contributed by atoms with Gasteiger partial charge in [0.1, 0.15) is 17.9 Å². The van der Waals surface area contributed by atoms with Crippen molar-refractivity contribution in [2.45, 2.75) is 19.9 Å². The minimum absolute atomic E-state index is 0.144. The Bertz CT molecular complexity index is 1130. The van der Waals surface area contributed by atoms with E-state index in [0.29, 0.717) is 34.8 Å². The molecule has 3 aromatic rings. The second-order valence-electron chi connectivity index (χ2n) is 6.89. The molecule has 172 valence electrons. The van der Waals surface area contributed by atoms with Gasteiger partial charge in [0.2, 0.25) is 5.91 Å². The summed E-state index contributed by atoms with van der Waals surface area (Å²) in [7, 11) is 0. The molecule has 2 aromatic carbocycles. The first-order valence-corrected chi connectivity index (χ1v) is 10.5. The quantitative estimate of drug-likeness (QED) is 0.318. The molecule has 1 heterocycles. The highest BCUT2D eigenvalue weighted by Crippen LogP contribution is 2.33. The molecule has 9 nitrogen and oxygen atoms in total. The van der Waals surface area contributed by atoms with E-state index in [1.165, 1.54) is 6.33 Å². The third-order valence-corrected chi connectivity index (χ3v) is 4.65. The summed E-state index contributed by atoms with van der Waals surface area (Å²) in [4.78, 5) is 32.5. The number of carbonyl (C=O) groups is 2. The topological polar surface area (TPSA) is 123 Å². The summed E-state index contributed by atoms with van der Waals surface area (Å²) >= 11 is 0. The predicted molar refractivity (Wildman–Crippen MR) is 125 cm³/mol. The number of rotatable bonds is 10. The number of nitrogens with zero attached hydrogens (tertiary/aromatic N) is 2. The maximum atomic E-state index is 12.4. The zero-order valence-corrected chi connectivity index (χ0v) is 18.4. The van der Waals surface area contributed by atoms with Crippen molar-refractivity contribution >= 4 is 34.3 Å². The Hall–Kier alpha value is -3.98. The molecule has 1 atom stereocenters. The van der Waals surface area contributed by atoms with Gasteiger partial charge in [0.25, 0.3) is 0 Å². The first kappa shape index (κ1) is 23.7. The van der Waals surface area contributed by atoms with Gasteiger partial charge in [-0.3, -0.25) is 4.79 Å². The maximum absolute atomic E-state index is 12.4. The molecule has 0 spiro atoms. The van der Waals surface area contributed by atoms with Crippen LogP contribution in [-0.2, 0) is 14.3 Å². The highest BCUT2D eigenvalue weighted by molar-refractivity contribution is 6.05. The van der Waals surface area contributed by atoms with Gasteiger partial charge >= 0.3 is 5.97 Å². The lowest BCUT2D eigenvalue weighted by Gasteiger charge is -2.19. The number of aliphatic hydroxyl groups is 1. The Kier molecular flexibility index (Phi) is 8.31. The van der Waals surface area contributed by atoms with Crippen LogP contribution in [0, 0.1) is 0 Å². The number of ether oxygens (including phenoxy) is 2. The molecule has 0 bridgehead atoms. The van der Waals surface area contributed by atoms with E-state index in [1.807, 2.05) is 37.3 Å². The lowest BCUT2D eigenvalue weighted by Crippen LogP contribution is -2.16. The summed E-state index contributed by atoms with van der Waals surface area (Å²) in [5, 5.41) is 16.5. The van der Waals surface area contributed by atoms with Crippen molar-refractivity contribution in [1.82, 2.24) is 9.97 Å². The van der Waals surface area contributed by atoms with E-state index in [-0.39, 0.29) is 19.3 Å². The lowest BCUT2D eigenvalue weighted by atomic mass is 10.1. The molecular formula is C24H26N4O5. The summed E-state index contributed by atoms with van der Waals surface area (Å²) in [6.45, 7) is 3.97. The summed E-state index contributed by atoms with van der Waals surface area (Å²) < 4.78 is 10.5. The van der Waals surface area contributed by atoms with Crippen molar-refractivity contribution in [2.24, 2.45) is 0 Å². The second-order valence-corrected chi connectivity index (χ2v) is 6.89. The molecule has 0 unspecified atom stereocenters. The molecule has 0 aliphatic carbocycles. The average Bonchev–Trinajstić information content (AvgIpc) is 2.82. The third-order valence-electron chi connectivity index (χ3n) is 4.65. The Morgan fingerprint density at radius 2 is 1.88 bits per heavy atom. The van der Waals surface area contributed by atoms with Crippen molar-refractivity contribution in [1.29, 1.82) is 0 Å². The van der Waals surface area contributed by atoms with E-state index < -0.39 is 11.9 Å². The number of aromatic nitrogens is 2. The number of fused-ring (bicyclic) bond motifs is 1. The molecule has 0 aliphatic rings. The summed E-state index contributed by atoms with van der Waals surface area (Å²) in [6.07, 6.45) is 3.57. The first-order valence-electron chi connectivity index (χ1n) is 10.5. The van der Waals surface area contributed by atoms with Crippen LogP contribution < -0.4 is 15.4 Å². The Labute approximate surface area is 191 Å². The number of amides is 1. The van der Waals surface area contributed by atoms with Crippen molar-refractivity contribution in [3.8, 4) is 5.75 Å². The van der Waals surface area contributed by atoms with Gasteiger partial charge in [-0.2, -0.15) is 0 Å². The van der Waals surface area contributed by atoms with E-state index in [0.717, 1.165) is 17.7 Å². The highest BCUT2D eigenvalue weighted by atomic mass is 16.5. The molecular weight excluding hydrogens is 424 g/mol. The number of esters is 1. The number of carbonyl (C=O) groups excluding carboxylic acids is 2. The van der Waals surface area contributed by atoms with E-state index in [1.54, 1.807) is 19.1 Å². The van der Waals surface area contributed by atoms with Gasteiger partial charge in [-0.15, -0.1) is 0 Å². The first-order chi connectivity index (χ1) is 16.0. The molecule has 1 aromatic heterocycles. The number of hydrogen-bond donors (Lipinski definition) is 3. The molecule has 3 N–H and O–H groups in total. The molecule has 0 radical (unpaired) electrons. The minimum Gasteiger partial charge on any atom is -0.492 e. The molecule has 0 saturated heterocycles. The van der Waals surface area contributed by atoms with E-state index in [4.69, 9.17) is 9.47 Å². The van der Waals surface area contributed by atoms with Crippen LogP contribution in [0.2, 0.25) is 0 Å². The van der Waals surface area contributed by atoms with Gasteiger partial charge in [0, 0.05) is 23.6 Å². The zero-order valence-electron chi connectivity index (χ0n) is 18.4. The van der Waals surface area contributed by atoms with E-state index >= 15 is 0 Å². The fourth-order valence-electron chi connectivity index (χ4n) is 3.16. The van der Waals surface area contributed by atoms with Gasteiger partial charge in [-0.05, 0) is 25.5 Å². The zero-order chi connectivity index (χ0) is 23.6. The Morgan fingerprint density at radius 3 is 2.58 bits per heavy atom. The fourth-order valence-corrected chi connectivity index (χ4v) is 3.16. The van der Waals surface area contributed by atoms with Crippen molar-refractivity contribution in [3.63, 3.8) is 0 Å². The normalized spacial score (nSPS) is 11.8. The Morgan fingerprint density at radius 1 is 1.09 bits per heavy atom. The second kappa shape index (κ2) is 11.6. The number of aliphatic hydroxyl groups excluding tert-OH is 1. The van der Waals surface area contributed by atoms with Gasteiger partial charge in [0.15, 0.2) is 0 Å². The molecule has 0 fully saturated rings. The molecule has 1 amide bonds. The fraction of sp³-hybridized carbons (Fsp3) is 0.250. The van der Waals surface area contributed by atoms with Crippen molar-refractivity contribution in [2.75, 3.05) is 30.5 Å². The van der Waals surface area contributed by atoms with Crippen LogP contribution in [0.15, 0.2) is 60.9 Å². The summed E-state index contributed by atoms with van der Waals surface area (Å²) in [6, 6.07) is 12.5. The van der Waals surface area contributed by atoms with Gasteiger partial charge < -0.3 is 25.2 Å². The molecule has 0 aliphatic heterocycles. The molecule has 3 rings (SSSR count). The van der Waals surface area contributed by atoms with Crippen LogP contribution in [-0.4, -0.2) is 46.8 Å². The number of benzene rings is 2. The monoisotopic (exact) mass is 450 g/mol. The maximum Gasteiger partial charge on any atom is 0.330 e. The van der Waals surface area contributed by atoms with Gasteiger partial charge in [-0.25, -0.2) is 14.8 Å². The van der Waals surface area contributed by atoms with Gasteiger partial charge in [0.05, 0.1) is 37.1 Å². The van der Waals surface area contributed by atoms with Crippen LogP contribution >= 0.6 is 0 Å². The van der Waals surface area contributed by atoms with E-state index in [2.05, 4.69) is 20.6 Å². The van der Waals surface area contributed by atoms with Crippen molar-refractivity contribution in [3.05, 3.63) is 66.5 Å². The lowest BCUT2D eigenvalue weighted by molar-refractivity contribution is -0.137. The standard InChI is InChI=1S/C24H26N4O5/c1-3-32-21-13-18-17(12-19(21)27-22(30)10-11-23(31)33-4-2)24(26-15-25-18)28-20(14-29)16-8-6-5-7-9-16/h5-13,15,20,29H,3-4,14H2,1-2H3,(H,27,30)(H,25,26,28)/t20-/m1/s1. The van der Waals surface area contributed by atoms with Crippen molar-refractivity contribution < 1.29 is 24.2 Å². The molecule has 33 heavy (non-hydrogen) atoms. The third kappa shape index (κ3) is 6.27. The molecule has 9 heteroatoms. The number of anilines is 2. The van der Waals surface area contributed by atoms with Crippen LogP contribution in [0.5, 0.6) is 5.75 Å².